The Labute approximate surface area is 137 Å². The zero-order valence-corrected chi connectivity index (χ0v) is 13.1. The molecule has 9 heteroatoms. The van der Waals surface area contributed by atoms with Gasteiger partial charge >= 0.3 is 12.3 Å². The van der Waals surface area contributed by atoms with Gasteiger partial charge in [-0.3, -0.25) is 14.7 Å². The Morgan fingerprint density at radius 2 is 2.17 bits per heavy atom. The molecule has 1 unspecified atom stereocenters. The number of amides is 2. The molecule has 1 aliphatic heterocycles. The molecule has 2 heterocycles. The van der Waals surface area contributed by atoms with Crippen molar-refractivity contribution in [2.24, 2.45) is 0 Å². The molecular weight excluding hydrogens is 327 g/mol. The first-order chi connectivity index (χ1) is 11.3. The van der Waals surface area contributed by atoms with E-state index in [1.807, 2.05) is 0 Å². The molecule has 0 N–H and O–H groups in total. The molecule has 24 heavy (non-hydrogen) atoms. The van der Waals surface area contributed by atoms with E-state index in [9.17, 15) is 22.8 Å². The SMILES string of the molecule is CN(Cc1ccccn1)C(=O)C1CCCN1C(=O)OCC(F)(F)F. The second-order valence-electron chi connectivity index (χ2n) is 5.54. The topological polar surface area (TPSA) is 62.7 Å². The van der Waals surface area contributed by atoms with Crippen LogP contribution in [0.15, 0.2) is 24.4 Å². The summed E-state index contributed by atoms with van der Waals surface area (Å²) >= 11 is 0. The lowest BCUT2D eigenvalue weighted by atomic mass is 10.2. The molecular formula is C15H18F3N3O3. The summed E-state index contributed by atoms with van der Waals surface area (Å²) in [4.78, 5) is 30.9. The van der Waals surface area contributed by atoms with Crippen molar-refractivity contribution in [3.05, 3.63) is 30.1 Å². The van der Waals surface area contributed by atoms with Crippen molar-refractivity contribution in [3.8, 4) is 0 Å². The van der Waals surface area contributed by atoms with Crippen molar-refractivity contribution in [2.75, 3.05) is 20.2 Å². The first-order valence-corrected chi connectivity index (χ1v) is 7.43. The van der Waals surface area contributed by atoms with Crippen LogP contribution in [0, 0.1) is 0 Å². The molecule has 1 aromatic heterocycles. The lowest BCUT2D eigenvalue weighted by Gasteiger charge is -2.27. The summed E-state index contributed by atoms with van der Waals surface area (Å²) in [5, 5.41) is 0. The van der Waals surface area contributed by atoms with Gasteiger partial charge in [-0.25, -0.2) is 4.79 Å². The maximum absolute atomic E-state index is 12.5. The number of halogens is 3. The Hall–Kier alpha value is -2.32. The Bertz CT molecular complexity index is 580. The average Bonchev–Trinajstić information content (AvgIpc) is 3.01. The smallest absolute Gasteiger partial charge is 0.422 e. The van der Waals surface area contributed by atoms with Crippen LogP contribution in [0.4, 0.5) is 18.0 Å². The van der Waals surface area contributed by atoms with Crippen LogP contribution in [-0.2, 0) is 16.1 Å². The molecule has 6 nitrogen and oxygen atoms in total. The largest absolute Gasteiger partial charge is 0.440 e. The number of aromatic nitrogens is 1. The quantitative estimate of drug-likeness (QED) is 0.839. The standard InChI is InChI=1S/C15H18F3N3O3/c1-20(9-11-5-2-3-7-19-11)13(22)12-6-4-8-21(12)14(23)24-10-15(16,17)18/h2-3,5,7,12H,4,6,8-10H2,1H3. The highest BCUT2D eigenvalue weighted by atomic mass is 19.4. The molecule has 1 fully saturated rings. The Morgan fingerprint density at radius 3 is 2.79 bits per heavy atom. The van der Waals surface area contributed by atoms with Gasteiger partial charge in [-0.15, -0.1) is 0 Å². The Kier molecular flexibility index (Phi) is 5.63. The van der Waals surface area contributed by atoms with Gasteiger partial charge in [0.2, 0.25) is 5.91 Å². The van der Waals surface area contributed by atoms with E-state index in [2.05, 4.69) is 9.72 Å². The molecule has 0 aromatic carbocycles. The summed E-state index contributed by atoms with van der Waals surface area (Å²) in [6.45, 7) is -1.21. The predicted octanol–water partition coefficient (Wildman–Crippen LogP) is 2.20. The molecule has 2 rings (SSSR count). The van der Waals surface area contributed by atoms with Crippen LogP contribution in [0.2, 0.25) is 0 Å². The van der Waals surface area contributed by atoms with Crippen LogP contribution in [0.5, 0.6) is 0 Å². The summed E-state index contributed by atoms with van der Waals surface area (Å²) in [5.41, 5.74) is 0.678. The minimum absolute atomic E-state index is 0.199. The number of likely N-dealkylation sites (tertiary alicyclic amines) is 1. The summed E-state index contributed by atoms with van der Waals surface area (Å²) < 4.78 is 40.7. The van der Waals surface area contributed by atoms with Gasteiger partial charge in [0.05, 0.1) is 12.2 Å². The van der Waals surface area contributed by atoms with Crippen molar-refractivity contribution < 1.29 is 27.5 Å². The third-order valence-corrected chi connectivity index (χ3v) is 3.63. The fourth-order valence-corrected chi connectivity index (χ4v) is 2.54. The third-order valence-electron chi connectivity index (χ3n) is 3.63. The van der Waals surface area contributed by atoms with Crippen molar-refractivity contribution in [2.45, 2.75) is 31.6 Å². The van der Waals surface area contributed by atoms with Gasteiger partial charge in [-0.1, -0.05) is 6.07 Å². The normalized spacial score (nSPS) is 17.7. The van der Waals surface area contributed by atoms with Crippen molar-refractivity contribution >= 4 is 12.0 Å². The highest BCUT2D eigenvalue weighted by Crippen LogP contribution is 2.22. The van der Waals surface area contributed by atoms with Crippen LogP contribution < -0.4 is 0 Å². The number of pyridine rings is 1. The lowest BCUT2D eigenvalue weighted by molar-refractivity contribution is -0.163. The number of carbonyl (C=O) groups excluding carboxylic acids is 2. The summed E-state index contributed by atoms with van der Waals surface area (Å²) in [7, 11) is 1.56. The lowest BCUT2D eigenvalue weighted by Crippen LogP contribution is -2.47. The third kappa shape index (κ3) is 4.84. The highest BCUT2D eigenvalue weighted by Gasteiger charge is 2.38. The molecule has 0 radical (unpaired) electrons. The van der Waals surface area contributed by atoms with E-state index >= 15 is 0 Å². The van der Waals surface area contributed by atoms with Crippen LogP contribution in [-0.4, -0.2) is 59.2 Å². The number of nitrogens with zero attached hydrogens (tertiary/aromatic N) is 3. The van der Waals surface area contributed by atoms with E-state index in [4.69, 9.17) is 0 Å². The first kappa shape index (κ1) is 18.0. The predicted molar refractivity (Wildman–Crippen MR) is 77.8 cm³/mol. The van der Waals surface area contributed by atoms with Crippen molar-refractivity contribution in [1.29, 1.82) is 0 Å². The number of likely N-dealkylation sites (N-methyl/N-ethyl adjacent to an activating group) is 1. The summed E-state index contributed by atoms with van der Waals surface area (Å²) in [6, 6.07) is 4.49. The molecule has 0 aliphatic carbocycles. The zero-order valence-electron chi connectivity index (χ0n) is 13.1. The monoisotopic (exact) mass is 345 g/mol. The van der Waals surface area contributed by atoms with E-state index in [1.54, 1.807) is 31.4 Å². The first-order valence-electron chi connectivity index (χ1n) is 7.43. The summed E-state index contributed by atoms with van der Waals surface area (Å²) in [5.74, 6) is -0.345. The van der Waals surface area contributed by atoms with Crippen molar-refractivity contribution in [3.63, 3.8) is 0 Å². The molecule has 2 amide bonds. The minimum Gasteiger partial charge on any atom is -0.440 e. The molecule has 1 saturated heterocycles. The van der Waals surface area contributed by atoms with E-state index < -0.39 is 24.9 Å². The average molecular weight is 345 g/mol. The van der Waals surface area contributed by atoms with Crippen molar-refractivity contribution in [1.82, 2.24) is 14.8 Å². The van der Waals surface area contributed by atoms with Gasteiger partial charge in [-0.2, -0.15) is 13.2 Å². The van der Waals surface area contributed by atoms with Gasteiger partial charge in [0.1, 0.15) is 6.04 Å². The Balaban J connectivity index is 1.96. The second-order valence-corrected chi connectivity index (χ2v) is 5.54. The number of hydrogen-bond acceptors (Lipinski definition) is 4. The van der Waals surface area contributed by atoms with Crippen LogP contribution >= 0.6 is 0 Å². The van der Waals surface area contributed by atoms with Gasteiger partial charge in [0, 0.05) is 19.8 Å². The van der Waals surface area contributed by atoms with Gasteiger partial charge in [0.25, 0.3) is 0 Å². The molecule has 0 spiro atoms. The molecule has 0 bridgehead atoms. The van der Waals surface area contributed by atoms with Gasteiger partial charge in [0.15, 0.2) is 6.61 Å². The second kappa shape index (κ2) is 7.50. The number of ether oxygens (including phenoxy) is 1. The summed E-state index contributed by atoms with van der Waals surface area (Å²) in [6.07, 6.45) is -3.18. The highest BCUT2D eigenvalue weighted by molar-refractivity contribution is 5.86. The molecule has 1 aromatic rings. The molecule has 132 valence electrons. The Morgan fingerprint density at radius 1 is 1.42 bits per heavy atom. The number of rotatable bonds is 4. The number of alkyl halides is 3. The van der Waals surface area contributed by atoms with Crippen LogP contribution in [0.1, 0.15) is 18.5 Å². The van der Waals surface area contributed by atoms with Crippen LogP contribution in [0.25, 0.3) is 0 Å². The maximum Gasteiger partial charge on any atom is 0.422 e. The van der Waals surface area contributed by atoms with Gasteiger partial charge < -0.3 is 9.64 Å². The molecule has 1 aliphatic rings. The minimum atomic E-state index is -4.59. The maximum atomic E-state index is 12.5. The van der Waals surface area contributed by atoms with E-state index in [0.717, 1.165) is 4.90 Å². The molecule has 1 atom stereocenters. The van der Waals surface area contributed by atoms with E-state index in [1.165, 1.54) is 4.90 Å². The van der Waals surface area contributed by atoms with Crippen LogP contribution in [0.3, 0.4) is 0 Å². The van der Waals surface area contributed by atoms with E-state index in [-0.39, 0.29) is 19.0 Å². The fourth-order valence-electron chi connectivity index (χ4n) is 2.54. The molecule has 0 saturated carbocycles. The van der Waals surface area contributed by atoms with Gasteiger partial charge in [-0.05, 0) is 25.0 Å². The fraction of sp³-hybridized carbons (Fsp3) is 0.533. The number of hydrogen-bond donors (Lipinski definition) is 0. The van der Waals surface area contributed by atoms with E-state index in [0.29, 0.717) is 18.5 Å². The zero-order chi connectivity index (χ0) is 17.7. The number of carbonyl (C=O) groups is 2.